The number of aromatic nitrogens is 1. The van der Waals surface area contributed by atoms with Gasteiger partial charge in [-0.1, -0.05) is 72.8 Å². The van der Waals surface area contributed by atoms with Crippen LogP contribution in [0.3, 0.4) is 0 Å². The van der Waals surface area contributed by atoms with E-state index in [1.807, 2.05) is 12.1 Å². The number of furan rings is 1. The molecule has 0 aliphatic carbocycles. The van der Waals surface area contributed by atoms with Crippen LogP contribution in [-0.2, 0) is 7.05 Å². The first-order chi connectivity index (χ1) is 16.2. The van der Waals surface area contributed by atoms with Gasteiger partial charge in [0.15, 0.2) is 6.20 Å². The van der Waals surface area contributed by atoms with Gasteiger partial charge in [0.2, 0.25) is 5.69 Å². The van der Waals surface area contributed by atoms with Crippen LogP contribution in [-0.4, -0.2) is 0 Å². The topological polar surface area (TPSA) is 17.0 Å². The predicted molar refractivity (Wildman–Crippen MR) is 136 cm³/mol. The van der Waals surface area contributed by atoms with Gasteiger partial charge in [-0.3, -0.25) is 0 Å². The zero-order valence-corrected chi connectivity index (χ0v) is 18.7. The summed E-state index contributed by atoms with van der Waals surface area (Å²) in [4.78, 5) is 0. The Morgan fingerprint density at radius 1 is 0.606 bits per heavy atom. The molecule has 0 aliphatic rings. The monoisotopic (exact) mass is 426 g/mol. The molecule has 6 aromatic rings. The molecule has 2 heterocycles. The van der Waals surface area contributed by atoms with E-state index in [1.165, 1.54) is 22.3 Å². The van der Waals surface area contributed by atoms with E-state index in [0.717, 1.165) is 38.8 Å². The van der Waals surface area contributed by atoms with Crippen LogP contribution >= 0.6 is 0 Å². The third-order valence-corrected chi connectivity index (χ3v) is 6.49. The Bertz CT molecular complexity index is 1610. The molecule has 2 heteroatoms. The van der Waals surface area contributed by atoms with E-state index in [2.05, 4.69) is 116 Å². The zero-order valence-electron chi connectivity index (χ0n) is 18.7. The third-order valence-electron chi connectivity index (χ3n) is 6.49. The van der Waals surface area contributed by atoms with E-state index in [4.69, 9.17) is 4.42 Å². The highest BCUT2D eigenvalue weighted by Crippen LogP contribution is 2.38. The number of aryl methyl sites for hydroxylation is 2. The Balaban J connectivity index is 1.47. The van der Waals surface area contributed by atoms with Crippen LogP contribution in [0.15, 0.2) is 114 Å². The van der Waals surface area contributed by atoms with Crippen molar-refractivity contribution in [3.05, 3.63) is 115 Å². The van der Waals surface area contributed by atoms with Crippen molar-refractivity contribution >= 4 is 21.9 Å². The van der Waals surface area contributed by atoms with Gasteiger partial charge in [0.1, 0.15) is 18.2 Å². The summed E-state index contributed by atoms with van der Waals surface area (Å²) in [5.41, 5.74) is 10.2. The number of hydrogen-bond donors (Lipinski definition) is 0. The summed E-state index contributed by atoms with van der Waals surface area (Å²) in [6.45, 7) is 2.15. The summed E-state index contributed by atoms with van der Waals surface area (Å²) in [6.07, 6.45) is 2.08. The van der Waals surface area contributed by atoms with E-state index in [1.54, 1.807) is 0 Å². The van der Waals surface area contributed by atoms with E-state index >= 15 is 0 Å². The van der Waals surface area contributed by atoms with Crippen molar-refractivity contribution in [2.45, 2.75) is 6.92 Å². The lowest BCUT2D eigenvalue weighted by molar-refractivity contribution is -0.660. The largest absolute Gasteiger partial charge is 0.455 e. The van der Waals surface area contributed by atoms with Crippen molar-refractivity contribution < 1.29 is 8.98 Å². The summed E-state index contributed by atoms with van der Waals surface area (Å²) in [7, 11) is 2.08. The second kappa shape index (κ2) is 7.75. The summed E-state index contributed by atoms with van der Waals surface area (Å²) < 4.78 is 8.66. The molecule has 0 fully saturated rings. The molecule has 0 aliphatic heterocycles. The van der Waals surface area contributed by atoms with Gasteiger partial charge in [-0.25, -0.2) is 4.57 Å². The smallest absolute Gasteiger partial charge is 0.216 e. The number of benzene rings is 4. The Hall–Kier alpha value is -4.17. The highest BCUT2D eigenvalue weighted by Gasteiger charge is 2.20. The minimum absolute atomic E-state index is 0.917. The first kappa shape index (κ1) is 19.5. The van der Waals surface area contributed by atoms with Crippen LogP contribution in [0.1, 0.15) is 5.56 Å². The van der Waals surface area contributed by atoms with Crippen LogP contribution < -0.4 is 4.57 Å². The minimum atomic E-state index is 0.917. The maximum Gasteiger partial charge on any atom is 0.216 e. The van der Waals surface area contributed by atoms with Gasteiger partial charge in [-0.05, 0) is 52.9 Å². The van der Waals surface area contributed by atoms with E-state index in [-0.39, 0.29) is 0 Å². The van der Waals surface area contributed by atoms with E-state index < -0.39 is 0 Å². The van der Waals surface area contributed by atoms with Crippen LogP contribution in [0.5, 0.6) is 0 Å². The molecule has 0 bridgehead atoms. The van der Waals surface area contributed by atoms with Gasteiger partial charge in [-0.15, -0.1) is 0 Å². The lowest BCUT2D eigenvalue weighted by Gasteiger charge is -2.05. The maximum absolute atomic E-state index is 6.52. The Kier molecular flexibility index (Phi) is 4.58. The maximum atomic E-state index is 6.52. The number of fused-ring (bicyclic) bond motifs is 3. The Labute approximate surface area is 193 Å². The molecule has 0 unspecified atom stereocenters. The summed E-state index contributed by atoms with van der Waals surface area (Å²) in [5, 5.41) is 2.30. The summed E-state index contributed by atoms with van der Waals surface area (Å²) in [6, 6.07) is 36.4. The molecule has 0 spiro atoms. The molecule has 4 aromatic carbocycles. The van der Waals surface area contributed by atoms with Gasteiger partial charge < -0.3 is 4.42 Å². The van der Waals surface area contributed by atoms with Crippen molar-refractivity contribution in [2.24, 2.45) is 7.05 Å². The Morgan fingerprint density at radius 2 is 1.24 bits per heavy atom. The molecule has 0 saturated carbocycles. The lowest BCUT2D eigenvalue weighted by Crippen LogP contribution is -2.30. The van der Waals surface area contributed by atoms with Crippen molar-refractivity contribution in [1.29, 1.82) is 0 Å². The molecule has 0 N–H and O–H groups in total. The molecule has 0 amide bonds. The highest BCUT2D eigenvalue weighted by atomic mass is 16.3. The molecule has 2 aromatic heterocycles. The zero-order chi connectivity index (χ0) is 22.4. The SMILES string of the molecule is Cc1ccc2c(oc3cc(-c4ccc(-c5ccccc5)cc4)ccc32)c1-c1cccc[n+]1C. The summed E-state index contributed by atoms with van der Waals surface area (Å²) in [5.74, 6) is 0. The number of hydrogen-bond acceptors (Lipinski definition) is 1. The number of rotatable bonds is 3. The number of pyridine rings is 1. The molecular formula is C31H24NO+. The quantitative estimate of drug-likeness (QED) is 0.265. The molecular weight excluding hydrogens is 402 g/mol. The standard InChI is InChI=1S/C31H24NO/c1-21-11-17-27-26-18-16-25(24-14-12-23(13-15-24)22-8-4-3-5-9-22)20-29(26)33-31(27)30(21)28-10-6-7-19-32(28)2/h3-20H,1-2H3/q+1. The van der Waals surface area contributed by atoms with Gasteiger partial charge in [0, 0.05) is 22.9 Å². The molecule has 2 nitrogen and oxygen atoms in total. The highest BCUT2D eigenvalue weighted by molar-refractivity contribution is 6.10. The molecule has 0 saturated heterocycles. The van der Waals surface area contributed by atoms with Gasteiger partial charge >= 0.3 is 0 Å². The van der Waals surface area contributed by atoms with Gasteiger partial charge in [0.25, 0.3) is 0 Å². The van der Waals surface area contributed by atoms with Crippen LogP contribution in [0.4, 0.5) is 0 Å². The fourth-order valence-corrected chi connectivity index (χ4v) is 4.71. The van der Waals surface area contributed by atoms with E-state index in [9.17, 15) is 0 Å². The van der Waals surface area contributed by atoms with Crippen molar-refractivity contribution in [3.63, 3.8) is 0 Å². The van der Waals surface area contributed by atoms with Crippen LogP contribution in [0, 0.1) is 6.92 Å². The van der Waals surface area contributed by atoms with Gasteiger partial charge in [0.05, 0.1) is 5.56 Å². The second-order valence-electron chi connectivity index (χ2n) is 8.59. The van der Waals surface area contributed by atoms with Crippen molar-refractivity contribution in [1.82, 2.24) is 0 Å². The minimum Gasteiger partial charge on any atom is -0.455 e. The van der Waals surface area contributed by atoms with Crippen LogP contribution in [0.25, 0.3) is 55.4 Å². The van der Waals surface area contributed by atoms with Crippen molar-refractivity contribution in [3.8, 4) is 33.5 Å². The van der Waals surface area contributed by atoms with Gasteiger partial charge in [-0.2, -0.15) is 0 Å². The Morgan fingerprint density at radius 3 is 2.00 bits per heavy atom. The van der Waals surface area contributed by atoms with Crippen molar-refractivity contribution in [2.75, 3.05) is 0 Å². The fourth-order valence-electron chi connectivity index (χ4n) is 4.71. The molecule has 6 rings (SSSR count). The first-order valence-electron chi connectivity index (χ1n) is 11.3. The second-order valence-corrected chi connectivity index (χ2v) is 8.59. The average molecular weight is 427 g/mol. The summed E-state index contributed by atoms with van der Waals surface area (Å²) >= 11 is 0. The molecule has 33 heavy (non-hydrogen) atoms. The molecule has 0 radical (unpaired) electrons. The first-order valence-corrected chi connectivity index (χ1v) is 11.3. The lowest BCUT2D eigenvalue weighted by atomic mass is 9.98. The predicted octanol–water partition coefficient (Wildman–Crippen LogP) is 7.72. The third kappa shape index (κ3) is 3.32. The molecule has 0 atom stereocenters. The molecule has 158 valence electrons. The average Bonchev–Trinajstić information content (AvgIpc) is 3.23. The van der Waals surface area contributed by atoms with E-state index in [0.29, 0.717) is 0 Å². The fraction of sp³-hybridized carbons (Fsp3) is 0.0645. The van der Waals surface area contributed by atoms with Crippen LogP contribution in [0.2, 0.25) is 0 Å². The number of nitrogens with zero attached hydrogens (tertiary/aromatic N) is 1. The normalized spacial score (nSPS) is 11.3.